The zero-order valence-corrected chi connectivity index (χ0v) is 13.1. The molecule has 1 aromatic rings. The first-order valence-electron chi connectivity index (χ1n) is 6.20. The SMILES string of the molecule is CCOC(=O)C1=C(CSc2nnc(N)s2)NC(=O)N[C@H]1C. The van der Waals surface area contributed by atoms with Crippen LogP contribution in [0.3, 0.4) is 0 Å². The molecule has 1 aliphatic rings. The highest BCUT2D eigenvalue weighted by molar-refractivity contribution is 8.01. The number of ether oxygens (including phenoxy) is 1. The van der Waals surface area contributed by atoms with Crippen molar-refractivity contribution in [2.45, 2.75) is 24.2 Å². The number of carbonyl (C=O) groups excluding carboxylic acids is 2. The molecule has 1 aliphatic heterocycles. The second-order valence-electron chi connectivity index (χ2n) is 4.13. The summed E-state index contributed by atoms with van der Waals surface area (Å²) in [6.45, 7) is 3.74. The molecule has 0 aromatic carbocycles. The van der Waals surface area contributed by atoms with Crippen LogP contribution >= 0.6 is 23.1 Å². The van der Waals surface area contributed by atoms with Gasteiger partial charge in [0.05, 0.1) is 18.2 Å². The number of aromatic nitrogens is 2. The molecule has 0 saturated carbocycles. The van der Waals surface area contributed by atoms with E-state index in [9.17, 15) is 9.59 Å². The summed E-state index contributed by atoms with van der Waals surface area (Å²) in [7, 11) is 0. The molecule has 2 heterocycles. The lowest BCUT2D eigenvalue weighted by atomic mass is 10.1. The molecule has 0 radical (unpaired) electrons. The maximum atomic E-state index is 12.0. The maximum Gasteiger partial charge on any atom is 0.337 e. The number of carbonyl (C=O) groups is 2. The van der Waals surface area contributed by atoms with Gasteiger partial charge in [0, 0.05) is 11.4 Å². The highest BCUT2D eigenvalue weighted by Gasteiger charge is 2.29. The Morgan fingerprint density at radius 1 is 1.52 bits per heavy atom. The smallest absolute Gasteiger partial charge is 0.337 e. The molecule has 1 aromatic heterocycles. The number of anilines is 1. The van der Waals surface area contributed by atoms with E-state index in [2.05, 4.69) is 20.8 Å². The second kappa shape index (κ2) is 6.76. The number of hydrogen-bond donors (Lipinski definition) is 3. The first-order valence-corrected chi connectivity index (χ1v) is 8.01. The van der Waals surface area contributed by atoms with E-state index in [1.165, 1.54) is 23.1 Å². The third-order valence-corrected chi connectivity index (χ3v) is 4.54. The largest absolute Gasteiger partial charge is 0.463 e. The topological polar surface area (TPSA) is 119 Å². The van der Waals surface area contributed by atoms with Gasteiger partial charge >= 0.3 is 12.0 Å². The minimum atomic E-state index is -0.440. The van der Waals surface area contributed by atoms with Gasteiger partial charge in [-0.05, 0) is 13.8 Å². The lowest BCUT2D eigenvalue weighted by molar-refractivity contribution is -0.138. The molecule has 8 nitrogen and oxygen atoms in total. The summed E-state index contributed by atoms with van der Waals surface area (Å²) in [5.74, 6) is -0.0644. The van der Waals surface area contributed by atoms with Gasteiger partial charge in [0.1, 0.15) is 0 Å². The monoisotopic (exact) mass is 329 g/mol. The Balaban J connectivity index is 2.18. The minimum Gasteiger partial charge on any atom is -0.463 e. The maximum absolute atomic E-state index is 12.0. The van der Waals surface area contributed by atoms with Crippen LogP contribution in [0.15, 0.2) is 15.6 Å². The molecule has 2 rings (SSSR count). The average molecular weight is 329 g/mol. The molecule has 21 heavy (non-hydrogen) atoms. The van der Waals surface area contributed by atoms with E-state index in [-0.39, 0.29) is 12.6 Å². The van der Waals surface area contributed by atoms with Crippen molar-refractivity contribution in [3.8, 4) is 0 Å². The first-order chi connectivity index (χ1) is 10.0. The van der Waals surface area contributed by atoms with E-state index in [1.807, 2.05) is 0 Å². The van der Waals surface area contributed by atoms with Crippen LogP contribution in [0.4, 0.5) is 9.93 Å². The third-order valence-electron chi connectivity index (χ3n) is 2.63. The minimum absolute atomic E-state index is 0.274. The Bertz CT molecular complexity index is 586. The van der Waals surface area contributed by atoms with Crippen molar-refractivity contribution < 1.29 is 14.3 Å². The van der Waals surface area contributed by atoms with Crippen molar-refractivity contribution in [3.05, 3.63) is 11.3 Å². The number of nitrogens with one attached hydrogen (secondary N) is 2. The Kier molecular flexibility index (Phi) is 5.02. The molecule has 1 atom stereocenters. The van der Waals surface area contributed by atoms with Crippen molar-refractivity contribution in [1.29, 1.82) is 0 Å². The number of rotatable bonds is 5. The molecule has 0 bridgehead atoms. The van der Waals surface area contributed by atoms with Crippen LogP contribution in [-0.2, 0) is 9.53 Å². The van der Waals surface area contributed by atoms with Crippen molar-refractivity contribution in [2.75, 3.05) is 18.1 Å². The molecule has 0 saturated heterocycles. The third kappa shape index (κ3) is 3.85. The van der Waals surface area contributed by atoms with Gasteiger partial charge in [0.15, 0.2) is 4.34 Å². The summed E-state index contributed by atoms with van der Waals surface area (Å²) in [4.78, 5) is 23.6. The Hall–Kier alpha value is -1.81. The molecule has 0 unspecified atom stereocenters. The summed E-state index contributed by atoms with van der Waals surface area (Å²) < 4.78 is 5.70. The van der Waals surface area contributed by atoms with Crippen molar-refractivity contribution in [3.63, 3.8) is 0 Å². The van der Waals surface area contributed by atoms with Crippen LogP contribution in [0.25, 0.3) is 0 Å². The number of hydrogen-bond acceptors (Lipinski definition) is 8. The van der Waals surface area contributed by atoms with Gasteiger partial charge in [0.2, 0.25) is 5.13 Å². The van der Waals surface area contributed by atoms with E-state index >= 15 is 0 Å². The van der Waals surface area contributed by atoms with E-state index in [0.29, 0.717) is 26.5 Å². The second-order valence-corrected chi connectivity index (χ2v) is 6.36. The fourth-order valence-corrected chi connectivity index (χ4v) is 3.41. The quantitative estimate of drug-likeness (QED) is 0.538. The molecular formula is C11H15N5O3S2. The summed E-state index contributed by atoms with van der Waals surface area (Å²) in [6, 6.07) is -0.754. The predicted molar refractivity (Wildman–Crippen MR) is 79.8 cm³/mol. The number of urea groups is 1. The number of nitrogen functional groups attached to an aromatic ring is 1. The number of amides is 2. The molecule has 10 heteroatoms. The van der Waals surface area contributed by atoms with E-state index < -0.39 is 12.0 Å². The van der Waals surface area contributed by atoms with Gasteiger partial charge < -0.3 is 21.1 Å². The molecule has 0 spiro atoms. The molecule has 114 valence electrons. The number of nitrogens with zero attached hydrogens (tertiary/aromatic N) is 2. The van der Waals surface area contributed by atoms with Crippen LogP contribution in [0, 0.1) is 0 Å². The molecular weight excluding hydrogens is 314 g/mol. The highest BCUT2D eigenvalue weighted by Crippen LogP contribution is 2.27. The zero-order chi connectivity index (χ0) is 15.4. The van der Waals surface area contributed by atoms with Crippen LogP contribution in [0.1, 0.15) is 13.8 Å². The van der Waals surface area contributed by atoms with Gasteiger partial charge in [-0.15, -0.1) is 10.2 Å². The number of esters is 1. The summed E-state index contributed by atoms with van der Waals surface area (Å²) in [6.07, 6.45) is 0. The van der Waals surface area contributed by atoms with Gasteiger partial charge in [0.25, 0.3) is 0 Å². The van der Waals surface area contributed by atoms with E-state index in [4.69, 9.17) is 10.5 Å². The van der Waals surface area contributed by atoms with Crippen LogP contribution in [0.5, 0.6) is 0 Å². The zero-order valence-electron chi connectivity index (χ0n) is 11.5. The fourth-order valence-electron chi connectivity index (χ4n) is 1.81. The average Bonchev–Trinajstić information content (AvgIpc) is 2.81. The Morgan fingerprint density at radius 2 is 2.29 bits per heavy atom. The summed E-state index contributed by atoms with van der Waals surface area (Å²) in [5.41, 5.74) is 6.45. The van der Waals surface area contributed by atoms with Crippen LogP contribution in [-0.4, -0.2) is 40.6 Å². The number of nitrogens with two attached hydrogens (primary N) is 1. The van der Waals surface area contributed by atoms with Crippen molar-refractivity contribution >= 4 is 40.2 Å². The van der Waals surface area contributed by atoms with Gasteiger partial charge in [-0.1, -0.05) is 23.1 Å². The molecule has 0 fully saturated rings. The Morgan fingerprint density at radius 3 is 2.90 bits per heavy atom. The molecule has 2 amide bonds. The van der Waals surface area contributed by atoms with Crippen molar-refractivity contribution in [2.24, 2.45) is 0 Å². The molecule has 0 aliphatic carbocycles. The Labute approximate surface area is 129 Å². The fraction of sp³-hybridized carbons (Fsp3) is 0.455. The lowest BCUT2D eigenvalue weighted by Crippen LogP contribution is -2.49. The lowest BCUT2D eigenvalue weighted by Gasteiger charge is -2.26. The van der Waals surface area contributed by atoms with Gasteiger partial charge in [-0.25, -0.2) is 9.59 Å². The van der Waals surface area contributed by atoms with Gasteiger partial charge in [-0.3, -0.25) is 0 Å². The standard InChI is InChI=1S/C11H15N5O3S2/c1-3-19-8(17)7-5(2)13-10(18)14-6(7)4-20-11-16-15-9(12)21-11/h5H,3-4H2,1-2H3,(H2,12,15)(H2,13,14,18)/t5-/m0/s1. The summed E-state index contributed by atoms with van der Waals surface area (Å²) >= 11 is 2.60. The highest BCUT2D eigenvalue weighted by atomic mass is 32.2. The number of thioether (sulfide) groups is 1. The van der Waals surface area contributed by atoms with Crippen LogP contribution < -0.4 is 16.4 Å². The first kappa shape index (κ1) is 15.6. The molecule has 4 N–H and O–H groups in total. The van der Waals surface area contributed by atoms with E-state index in [0.717, 1.165) is 0 Å². The van der Waals surface area contributed by atoms with E-state index in [1.54, 1.807) is 13.8 Å². The predicted octanol–water partition coefficient (Wildman–Crippen LogP) is 0.731. The van der Waals surface area contributed by atoms with Crippen molar-refractivity contribution in [1.82, 2.24) is 20.8 Å². The summed E-state index contributed by atoms with van der Waals surface area (Å²) in [5, 5.41) is 13.3. The normalized spacial score (nSPS) is 18.2. The van der Waals surface area contributed by atoms with Crippen LogP contribution in [0.2, 0.25) is 0 Å². The van der Waals surface area contributed by atoms with Gasteiger partial charge in [-0.2, -0.15) is 0 Å².